The molecule has 7 nitrogen and oxygen atoms in total. The average Bonchev–Trinajstić information content (AvgIpc) is 3.27. The lowest BCUT2D eigenvalue weighted by Crippen LogP contribution is -2.35. The zero-order chi connectivity index (χ0) is 25.1. The second-order valence-electron chi connectivity index (χ2n) is 9.02. The van der Waals surface area contributed by atoms with Crippen LogP contribution in [0.15, 0.2) is 48.9 Å². The van der Waals surface area contributed by atoms with Gasteiger partial charge >= 0.3 is 0 Å². The highest BCUT2D eigenvalue weighted by atomic mass is 35.5. The summed E-state index contributed by atoms with van der Waals surface area (Å²) in [5, 5.41) is 15.3. The molecule has 0 spiro atoms. The van der Waals surface area contributed by atoms with Crippen LogP contribution < -0.4 is 15.4 Å². The Kier molecular flexibility index (Phi) is 7.16. The van der Waals surface area contributed by atoms with E-state index in [1.165, 1.54) is 6.08 Å². The van der Waals surface area contributed by atoms with E-state index in [2.05, 4.69) is 30.8 Å². The first-order valence-electron chi connectivity index (χ1n) is 12.0. The van der Waals surface area contributed by atoms with Gasteiger partial charge in [0.15, 0.2) is 0 Å². The van der Waals surface area contributed by atoms with Gasteiger partial charge in [-0.1, -0.05) is 11.6 Å². The van der Waals surface area contributed by atoms with Crippen molar-refractivity contribution in [3.8, 4) is 5.75 Å². The number of pyridine rings is 2. The fraction of sp³-hybridized carbons (Fsp3) is 0.296. The first-order chi connectivity index (χ1) is 17.5. The van der Waals surface area contributed by atoms with Crippen molar-refractivity contribution in [1.29, 1.82) is 0 Å². The van der Waals surface area contributed by atoms with Gasteiger partial charge in [0.1, 0.15) is 23.5 Å². The Balaban J connectivity index is 1.33. The molecule has 0 unspecified atom stereocenters. The molecule has 1 atom stereocenters. The molecular weight excluding hydrogens is 479 g/mol. The number of halogens is 2. The molecular formula is C27H28ClFN6O. The second kappa shape index (κ2) is 10.6. The van der Waals surface area contributed by atoms with Crippen molar-refractivity contribution in [2.75, 3.05) is 18.4 Å². The molecule has 1 aliphatic heterocycles. The van der Waals surface area contributed by atoms with Crippen LogP contribution in [0.5, 0.6) is 5.75 Å². The number of aromatic nitrogens is 4. The highest BCUT2D eigenvalue weighted by Crippen LogP contribution is 2.32. The molecule has 1 aromatic carbocycles. The summed E-state index contributed by atoms with van der Waals surface area (Å²) in [5.41, 5.74) is 3.51. The highest BCUT2D eigenvalue weighted by molar-refractivity contribution is 6.31. The first-order valence-corrected chi connectivity index (χ1v) is 12.4. The molecule has 3 N–H and O–H groups in total. The summed E-state index contributed by atoms with van der Waals surface area (Å²) in [5.74, 6) is 0.986. The Morgan fingerprint density at radius 1 is 1.19 bits per heavy atom. The maximum Gasteiger partial charge on any atom is 0.134 e. The van der Waals surface area contributed by atoms with Gasteiger partial charge in [-0.15, -0.1) is 0 Å². The summed E-state index contributed by atoms with van der Waals surface area (Å²) >= 11 is 6.35. The van der Waals surface area contributed by atoms with E-state index in [0.29, 0.717) is 33.6 Å². The number of aromatic amines is 1. The zero-order valence-corrected chi connectivity index (χ0v) is 20.9. The van der Waals surface area contributed by atoms with E-state index in [9.17, 15) is 0 Å². The number of ether oxygens (including phenoxy) is 1. The van der Waals surface area contributed by atoms with Crippen LogP contribution in [0.3, 0.4) is 0 Å². The van der Waals surface area contributed by atoms with Crippen molar-refractivity contribution in [2.45, 2.75) is 38.8 Å². The molecule has 1 fully saturated rings. The topological polar surface area (TPSA) is 87.8 Å². The second-order valence-corrected chi connectivity index (χ2v) is 9.43. The summed E-state index contributed by atoms with van der Waals surface area (Å²) < 4.78 is 21.3. The fourth-order valence-electron chi connectivity index (χ4n) is 4.52. The molecule has 0 amide bonds. The van der Waals surface area contributed by atoms with Gasteiger partial charge in [-0.3, -0.25) is 10.1 Å². The number of hydrogen-bond acceptors (Lipinski definition) is 6. The van der Waals surface area contributed by atoms with Crippen LogP contribution in [-0.4, -0.2) is 39.3 Å². The molecule has 1 aliphatic rings. The molecule has 1 saturated heterocycles. The van der Waals surface area contributed by atoms with Crippen molar-refractivity contribution in [3.05, 3.63) is 76.3 Å². The Morgan fingerprint density at radius 3 is 2.78 bits per heavy atom. The van der Waals surface area contributed by atoms with Gasteiger partial charge in [0.2, 0.25) is 0 Å². The summed E-state index contributed by atoms with van der Waals surface area (Å²) in [7, 11) is 0. The van der Waals surface area contributed by atoms with E-state index in [4.69, 9.17) is 16.3 Å². The molecule has 0 bridgehead atoms. The van der Waals surface area contributed by atoms with Crippen LogP contribution in [-0.2, 0) is 0 Å². The van der Waals surface area contributed by atoms with Gasteiger partial charge in [0, 0.05) is 47.2 Å². The summed E-state index contributed by atoms with van der Waals surface area (Å²) in [4.78, 5) is 8.51. The van der Waals surface area contributed by atoms with Gasteiger partial charge in [-0.25, -0.2) is 9.37 Å². The molecule has 3 aromatic heterocycles. The van der Waals surface area contributed by atoms with Crippen LogP contribution in [0.4, 0.5) is 10.2 Å². The lowest BCUT2D eigenvalue weighted by Gasteiger charge is -2.24. The molecule has 4 heterocycles. The van der Waals surface area contributed by atoms with E-state index in [0.717, 1.165) is 48.3 Å². The third-order valence-corrected chi connectivity index (χ3v) is 6.72. The minimum Gasteiger partial charge on any atom is -0.486 e. The van der Waals surface area contributed by atoms with E-state index >= 15 is 4.39 Å². The third kappa shape index (κ3) is 5.34. The smallest absolute Gasteiger partial charge is 0.134 e. The van der Waals surface area contributed by atoms with Gasteiger partial charge in [-0.2, -0.15) is 5.10 Å². The number of H-pyrrole nitrogens is 1. The zero-order valence-electron chi connectivity index (χ0n) is 20.2. The number of nitrogens with one attached hydrogen (secondary N) is 3. The third-order valence-electron chi connectivity index (χ3n) is 6.41. The Labute approximate surface area is 214 Å². The molecule has 186 valence electrons. The Morgan fingerprint density at radius 2 is 2.03 bits per heavy atom. The number of benzene rings is 1. The van der Waals surface area contributed by atoms with Gasteiger partial charge in [0.25, 0.3) is 0 Å². The van der Waals surface area contributed by atoms with E-state index in [-0.39, 0.29) is 6.10 Å². The van der Waals surface area contributed by atoms with Crippen molar-refractivity contribution in [1.82, 2.24) is 25.5 Å². The maximum atomic E-state index is 15.1. The predicted molar refractivity (Wildman–Crippen MR) is 142 cm³/mol. The molecule has 4 aromatic rings. The Bertz CT molecular complexity index is 1360. The van der Waals surface area contributed by atoms with Crippen molar-refractivity contribution in [3.63, 3.8) is 0 Å². The number of aryl methyl sites for hydroxylation is 1. The summed E-state index contributed by atoms with van der Waals surface area (Å²) in [6.45, 7) is 5.87. The van der Waals surface area contributed by atoms with Crippen LogP contribution in [0.25, 0.3) is 22.8 Å². The number of anilines is 1. The molecule has 9 heteroatoms. The molecule has 0 aliphatic carbocycles. The van der Waals surface area contributed by atoms with Crippen LogP contribution in [0.2, 0.25) is 5.02 Å². The van der Waals surface area contributed by atoms with E-state index < -0.39 is 5.83 Å². The number of hydrogen-bond donors (Lipinski definition) is 3. The fourth-order valence-corrected chi connectivity index (χ4v) is 4.88. The average molecular weight is 507 g/mol. The van der Waals surface area contributed by atoms with Crippen molar-refractivity contribution >= 4 is 40.2 Å². The van der Waals surface area contributed by atoms with Gasteiger partial charge in [-0.05, 0) is 75.7 Å². The van der Waals surface area contributed by atoms with Crippen molar-refractivity contribution < 1.29 is 9.13 Å². The summed E-state index contributed by atoms with van der Waals surface area (Å²) in [6, 6.07) is 9.47. The number of piperidine rings is 1. The number of fused-ring (bicyclic) bond motifs is 1. The summed E-state index contributed by atoms with van der Waals surface area (Å²) in [6.07, 6.45) is 8.16. The number of rotatable bonds is 7. The standard InChI is InChI=1S/C27H28ClFN6O/c1-16-13-31-15-22(28)27(16)17(2)36-20-4-5-24-21(11-20)25(35-34-24)12-23(29)18-3-6-26(32-14-18)33-19-7-9-30-10-8-19/h3-6,11-15,17,19,30H,7-10H2,1-2H3,(H,32,33)(H,34,35)/b23-12-/t17-/m1/s1. The minimum absolute atomic E-state index is 0.288. The largest absolute Gasteiger partial charge is 0.486 e. The normalized spacial score (nSPS) is 15.7. The molecule has 36 heavy (non-hydrogen) atoms. The van der Waals surface area contributed by atoms with Crippen molar-refractivity contribution in [2.24, 2.45) is 0 Å². The van der Waals surface area contributed by atoms with E-state index in [1.807, 2.05) is 38.1 Å². The van der Waals surface area contributed by atoms with Gasteiger partial charge in [0.05, 0.1) is 16.2 Å². The quantitative estimate of drug-likeness (QED) is 0.281. The Hall–Kier alpha value is -3.49. The molecule has 0 radical (unpaired) electrons. The highest BCUT2D eigenvalue weighted by Gasteiger charge is 2.16. The SMILES string of the molecule is Cc1cncc(Cl)c1[C@@H](C)Oc1ccc2n[nH]c(/C=C(\F)c3ccc(NC4CCNCC4)nc3)c2c1. The molecule has 0 saturated carbocycles. The predicted octanol–water partition coefficient (Wildman–Crippen LogP) is 6.09. The maximum absolute atomic E-state index is 15.1. The monoisotopic (exact) mass is 506 g/mol. The lowest BCUT2D eigenvalue weighted by molar-refractivity contribution is 0.226. The van der Waals surface area contributed by atoms with Gasteiger partial charge < -0.3 is 15.4 Å². The lowest BCUT2D eigenvalue weighted by atomic mass is 10.1. The van der Waals surface area contributed by atoms with E-state index in [1.54, 1.807) is 24.7 Å². The minimum atomic E-state index is -0.402. The van der Waals surface area contributed by atoms with Crippen LogP contribution in [0, 0.1) is 6.92 Å². The first kappa shape index (κ1) is 24.2. The molecule has 5 rings (SSSR count). The number of nitrogens with zero attached hydrogens (tertiary/aromatic N) is 3. The van der Waals surface area contributed by atoms with Crippen LogP contribution >= 0.6 is 11.6 Å². The van der Waals surface area contributed by atoms with Crippen LogP contribution in [0.1, 0.15) is 48.3 Å².